The average molecular weight is 390 g/mol. The third-order valence-corrected chi connectivity index (χ3v) is 5.94. The summed E-state index contributed by atoms with van der Waals surface area (Å²) in [5.74, 6) is 0.892. The molecule has 0 aromatic heterocycles. The van der Waals surface area contributed by atoms with Crippen molar-refractivity contribution in [1.29, 1.82) is 0 Å². The topological polar surface area (TPSA) is 49.7 Å². The summed E-state index contributed by atoms with van der Waals surface area (Å²) in [6, 6.07) is 18.0. The van der Waals surface area contributed by atoms with Crippen LogP contribution in [0.4, 0.5) is 0 Å². The lowest BCUT2D eigenvalue weighted by Gasteiger charge is -2.31. The van der Waals surface area contributed by atoms with Crippen molar-refractivity contribution >= 4 is 23.4 Å². The Kier molecular flexibility index (Phi) is 6.07. The minimum absolute atomic E-state index is 0.259. The maximum atomic E-state index is 10.6. The van der Waals surface area contributed by atoms with Crippen molar-refractivity contribution in [3.63, 3.8) is 0 Å². The van der Waals surface area contributed by atoms with Gasteiger partial charge in [0.15, 0.2) is 0 Å². The number of aromatic hydroxyl groups is 1. The van der Waals surface area contributed by atoms with Crippen molar-refractivity contribution in [2.45, 2.75) is 53.1 Å². The first kappa shape index (κ1) is 21.4. The number of fused-ring (bicyclic) bond motifs is 1. The van der Waals surface area contributed by atoms with Crippen molar-refractivity contribution in [3.05, 3.63) is 60.2 Å². The van der Waals surface area contributed by atoms with Crippen LogP contribution in [0.15, 0.2) is 54.6 Å². The SMILES string of the molecule is CC(C)c1cc(-c2ccc3cc(B(O)OC(C)(C)C(C)C)ccc3c2)ccc1O. The zero-order chi connectivity index (χ0) is 21.3. The standard InChI is InChI=1S/C25H31BO3/c1-16(2)23-15-21(10-12-24(23)27)18-7-8-20-14-22(11-9-19(20)13-18)26(28)29-25(5,6)17(3)4/h7-17,27-28H,1-6H3. The molecular formula is C25H31BO3. The second-order valence-corrected chi connectivity index (χ2v) is 8.98. The molecule has 0 saturated carbocycles. The first-order valence-corrected chi connectivity index (χ1v) is 10.3. The highest BCUT2D eigenvalue weighted by Crippen LogP contribution is 2.32. The normalized spacial score (nSPS) is 12.2. The van der Waals surface area contributed by atoms with E-state index in [0.29, 0.717) is 11.7 Å². The number of hydrogen-bond donors (Lipinski definition) is 2. The monoisotopic (exact) mass is 390 g/mol. The van der Waals surface area contributed by atoms with E-state index in [1.54, 1.807) is 6.07 Å². The first-order chi connectivity index (χ1) is 13.6. The van der Waals surface area contributed by atoms with E-state index in [9.17, 15) is 10.1 Å². The van der Waals surface area contributed by atoms with Crippen LogP contribution in [0.25, 0.3) is 21.9 Å². The van der Waals surface area contributed by atoms with Crippen LogP contribution in [0.3, 0.4) is 0 Å². The van der Waals surface area contributed by atoms with E-state index in [1.807, 2.05) is 38.1 Å². The molecule has 2 N–H and O–H groups in total. The van der Waals surface area contributed by atoms with Crippen molar-refractivity contribution in [2.75, 3.05) is 0 Å². The maximum Gasteiger partial charge on any atom is 0.491 e. The smallest absolute Gasteiger partial charge is 0.491 e. The molecule has 0 spiro atoms. The Hall–Kier alpha value is -2.30. The van der Waals surface area contributed by atoms with E-state index in [2.05, 4.69) is 52.0 Å². The second-order valence-electron chi connectivity index (χ2n) is 8.98. The minimum Gasteiger partial charge on any atom is -0.508 e. The van der Waals surface area contributed by atoms with E-state index in [1.165, 1.54) is 0 Å². The molecule has 3 aromatic carbocycles. The summed E-state index contributed by atoms with van der Waals surface area (Å²) in [5, 5.41) is 22.8. The van der Waals surface area contributed by atoms with Gasteiger partial charge in [0.05, 0.1) is 5.60 Å². The van der Waals surface area contributed by atoms with E-state index < -0.39 is 12.7 Å². The van der Waals surface area contributed by atoms with Gasteiger partial charge in [-0.25, -0.2) is 0 Å². The molecule has 0 fully saturated rings. The van der Waals surface area contributed by atoms with Gasteiger partial charge in [0, 0.05) is 0 Å². The van der Waals surface area contributed by atoms with E-state index in [0.717, 1.165) is 32.9 Å². The predicted octanol–water partition coefficient (Wildman–Crippen LogP) is 5.47. The number of rotatable bonds is 6. The van der Waals surface area contributed by atoms with Crippen LogP contribution >= 0.6 is 0 Å². The van der Waals surface area contributed by atoms with Gasteiger partial charge in [-0.2, -0.15) is 0 Å². The zero-order valence-corrected chi connectivity index (χ0v) is 18.2. The summed E-state index contributed by atoms with van der Waals surface area (Å²) in [5.41, 5.74) is 3.48. The van der Waals surface area contributed by atoms with Crippen molar-refractivity contribution in [1.82, 2.24) is 0 Å². The number of phenols is 1. The molecule has 3 nitrogen and oxygen atoms in total. The molecule has 0 aliphatic rings. The summed E-state index contributed by atoms with van der Waals surface area (Å²) in [7, 11) is -0.956. The van der Waals surface area contributed by atoms with Gasteiger partial charge in [0.2, 0.25) is 0 Å². The molecule has 0 amide bonds. The van der Waals surface area contributed by atoms with Crippen LogP contribution in [0.1, 0.15) is 53.0 Å². The summed E-state index contributed by atoms with van der Waals surface area (Å²) >= 11 is 0. The van der Waals surface area contributed by atoms with Crippen LogP contribution in [0, 0.1) is 5.92 Å². The molecular weight excluding hydrogens is 359 g/mol. The summed E-state index contributed by atoms with van der Waals surface area (Å²) in [4.78, 5) is 0. The lowest BCUT2D eigenvalue weighted by atomic mass is 9.76. The van der Waals surface area contributed by atoms with Crippen molar-refractivity contribution < 1.29 is 14.8 Å². The van der Waals surface area contributed by atoms with Crippen LogP contribution in [0.5, 0.6) is 5.75 Å². The van der Waals surface area contributed by atoms with Gasteiger partial charge >= 0.3 is 7.12 Å². The van der Waals surface area contributed by atoms with Crippen LogP contribution in [0.2, 0.25) is 0 Å². The van der Waals surface area contributed by atoms with Crippen LogP contribution in [-0.2, 0) is 4.65 Å². The van der Waals surface area contributed by atoms with Gasteiger partial charge in [-0.15, -0.1) is 0 Å². The highest BCUT2D eigenvalue weighted by atomic mass is 16.5. The van der Waals surface area contributed by atoms with Gasteiger partial charge < -0.3 is 14.8 Å². The Morgan fingerprint density at radius 1 is 0.828 bits per heavy atom. The zero-order valence-electron chi connectivity index (χ0n) is 18.2. The largest absolute Gasteiger partial charge is 0.508 e. The second kappa shape index (κ2) is 8.21. The van der Waals surface area contributed by atoms with Crippen LogP contribution in [-0.4, -0.2) is 22.8 Å². The van der Waals surface area contributed by atoms with Crippen molar-refractivity contribution in [3.8, 4) is 16.9 Å². The fraction of sp³-hybridized carbons (Fsp3) is 0.360. The van der Waals surface area contributed by atoms with Gasteiger partial charge in [-0.1, -0.05) is 64.1 Å². The fourth-order valence-electron chi connectivity index (χ4n) is 3.29. The molecule has 0 bridgehead atoms. The molecule has 0 heterocycles. The predicted molar refractivity (Wildman–Crippen MR) is 123 cm³/mol. The molecule has 0 radical (unpaired) electrons. The molecule has 3 aromatic rings. The highest BCUT2D eigenvalue weighted by molar-refractivity contribution is 6.60. The quantitative estimate of drug-likeness (QED) is 0.549. The lowest BCUT2D eigenvalue weighted by molar-refractivity contribution is 0.0423. The number of phenolic OH excluding ortho intramolecular Hbond substituents is 1. The Balaban J connectivity index is 1.91. The maximum absolute atomic E-state index is 10.6. The Labute approximate surface area is 174 Å². The first-order valence-electron chi connectivity index (χ1n) is 10.3. The van der Waals surface area contributed by atoms with Crippen molar-refractivity contribution in [2.24, 2.45) is 5.92 Å². The Morgan fingerprint density at radius 2 is 1.41 bits per heavy atom. The molecule has 0 aliphatic carbocycles. The molecule has 0 saturated heterocycles. The lowest BCUT2D eigenvalue weighted by Crippen LogP contribution is -2.44. The van der Waals surface area contributed by atoms with Gasteiger partial charge in [-0.3, -0.25) is 0 Å². The molecule has 152 valence electrons. The molecule has 0 atom stereocenters. The molecule has 0 unspecified atom stereocenters. The average Bonchev–Trinajstić information content (AvgIpc) is 2.66. The minimum atomic E-state index is -0.956. The summed E-state index contributed by atoms with van der Waals surface area (Å²) < 4.78 is 5.91. The highest BCUT2D eigenvalue weighted by Gasteiger charge is 2.30. The molecule has 3 rings (SSSR count). The van der Waals surface area contributed by atoms with Crippen LogP contribution < -0.4 is 5.46 Å². The van der Waals surface area contributed by atoms with Gasteiger partial charge in [-0.05, 0) is 76.8 Å². The van der Waals surface area contributed by atoms with E-state index in [-0.39, 0.29) is 5.92 Å². The third kappa shape index (κ3) is 4.65. The van der Waals surface area contributed by atoms with Gasteiger partial charge in [0.25, 0.3) is 0 Å². The third-order valence-electron chi connectivity index (χ3n) is 5.94. The fourth-order valence-corrected chi connectivity index (χ4v) is 3.29. The summed E-state index contributed by atoms with van der Waals surface area (Å²) in [6.45, 7) is 12.3. The van der Waals surface area contributed by atoms with E-state index in [4.69, 9.17) is 4.65 Å². The Bertz CT molecular complexity index is 1010. The molecule has 29 heavy (non-hydrogen) atoms. The molecule has 0 aliphatic heterocycles. The summed E-state index contributed by atoms with van der Waals surface area (Å²) in [6.07, 6.45) is 0. The Morgan fingerprint density at radius 3 is 2.07 bits per heavy atom. The molecule has 4 heteroatoms. The number of hydrogen-bond acceptors (Lipinski definition) is 3. The number of benzene rings is 3. The van der Waals surface area contributed by atoms with Gasteiger partial charge in [0.1, 0.15) is 5.75 Å². The van der Waals surface area contributed by atoms with E-state index >= 15 is 0 Å².